The summed E-state index contributed by atoms with van der Waals surface area (Å²) in [6, 6.07) is 9.58. The number of anilines is 2. The van der Waals surface area contributed by atoms with Crippen molar-refractivity contribution < 1.29 is 4.79 Å². The van der Waals surface area contributed by atoms with Crippen LogP contribution in [0.2, 0.25) is 0 Å². The van der Waals surface area contributed by atoms with Crippen LogP contribution in [0.25, 0.3) is 0 Å². The second-order valence-electron chi connectivity index (χ2n) is 5.68. The first-order chi connectivity index (χ1) is 11.2. The molecule has 1 aliphatic rings. The molecule has 0 saturated carbocycles. The molecule has 1 aromatic heterocycles. The Morgan fingerprint density at radius 3 is 2.70 bits per heavy atom. The molecule has 0 unspecified atom stereocenters. The van der Waals surface area contributed by atoms with Crippen LogP contribution in [0.1, 0.15) is 17.7 Å². The zero-order valence-electron chi connectivity index (χ0n) is 12.9. The quantitative estimate of drug-likeness (QED) is 0.804. The number of hydrogen-bond donors (Lipinski definition) is 3. The van der Waals surface area contributed by atoms with Crippen LogP contribution in [-0.2, 0) is 6.54 Å². The Hall–Kier alpha value is -2.12. The Labute approximate surface area is 139 Å². The number of urea groups is 1. The van der Waals surface area contributed by atoms with Crippen molar-refractivity contribution in [2.45, 2.75) is 25.4 Å². The summed E-state index contributed by atoms with van der Waals surface area (Å²) in [7, 11) is 0. The summed E-state index contributed by atoms with van der Waals surface area (Å²) in [5.41, 5.74) is 6.47. The summed E-state index contributed by atoms with van der Waals surface area (Å²) in [5, 5.41) is 6.53. The number of rotatable bonds is 4. The van der Waals surface area contributed by atoms with E-state index >= 15 is 0 Å². The summed E-state index contributed by atoms with van der Waals surface area (Å²) in [5.74, 6) is 0. The number of hydrogen-bond acceptors (Lipinski definition) is 5. The summed E-state index contributed by atoms with van der Waals surface area (Å²) in [6.45, 7) is 2.82. The van der Waals surface area contributed by atoms with Gasteiger partial charge in [-0.25, -0.2) is 9.78 Å². The number of carbonyl (C=O) groups excluding carboxylic acids is 1. The number of nitrogens with zero attached hydrogens (tertiary/aromatic N) is 2. The van der Waals surface area contributed by atoms with Crippen molar-refractivity contribution in [1.29, 1.82) is 0 Å². The number of thiazole rings is 1. The maximum atomic E-state index is 12.0. The molecule has 4 N–H and O–H groups in total. The Morgan fingerprint density at radius 1 is 1.30 bits per heavy atom. The van der Waals surface area contributed by atoms with E-state index in [-0.39, 0.29) is 12.1 Å². The third-order valence-corrected chi connectivity index (χ3v) is 4.72. The number of likely N-dealkylation sites (tertiary alicyclic amines) is 1. The average molecular weight is 331 g/mol. The van der Waals surface area contributed by atoms with Gasteiger partial charge < -0.3 is 16.4 Å². The van der Waals surface area contributed by atoms with Gasteiger partial charge in [0.25, 0.3) is 0 Å². The van der Waals surface area contributed by atoms with E-state index in [0.717, 1.165) is 38.2 Å². The predicted molar refractivity (Wildman–Crippen MR) is 93.4 cm³/mol. The van der Waals surface area contributed by atoms with Gasteiger partial charge in [-0.05, 0) is 25.0 Å². The highest BCUT2D eigenvalue weighted by atomic mass is 32.1. The molecule has 0 bridgehead atoms. The average Bonchev–Trinajstić information content (AvgIpc) is 2.95. The minimum atomic E-state index is -0.134. The highest BCUT2D eigenvalue weighted by Gasteiger charge is 2.21. The van der Waals surface area contributed by atoms with Crippen molar-refractivity contribution in [3.63, 3.8) is 0 Å². The Bertz CT molecular complexity index is 637. The van der Waals surface area contributed by atoms with Gasteiger partial charge in [-0.1, -0.05) is 18.2 Å². The van der Waals surface area contributed by atoms with Gasteiger partial charge in [-0.3, -0.25) is 4.90 Å². The molecule has 1 aromatic carbocycles. The highest BCUT2D eigenvalue weighted by Crippen LogP contribution is 2.19. The normalized spacial score (nSPS) is 16.2. The third-order valence-electron chi connectivity index (χ3n) is 3.91. The molecule has 1 saturated heterocycles. The Balaban J connectivity index is 1.41. The number of benzene rings is 1. The number of para-hydroxylation sites is 1. The molecule has 6 nitrogen and oxygen atoms in total. The molecule has 122 valence electrons. The maximum absolute atomic E-state index is 12.0. The third kappa shape index (κ3) is 4.67. The number of amides is 2. The predicted octanol–water partition coefficient (Wildman–Crippen LogP) is 2.51. The van der Waals surface area contributed by atoms with Gasteiger partial charge in [-0.15, -0.1) is 11.3 Å². The first kappa shape index (κ1) is 15.8. The molecule has 1 fully saturated rings. The number of nitrogen functional groups attached to an aromatic ring is 1. The van der Waals surface area contributed by atoms with Crippen molar-refractivity contribution in [1.82, 2.24) is 15.2 Å². The molecule has 0 atom stereocenters. The van der Waals surface area contributed by atoms with E-state index in [2.05, 4.69) is 20.5 Å². The van der Waals surface area contributed by atoms with E-state index in [1.807, 2.05) is 36.5 Å². The van der Waals surface area contributed by atoms with E-state index in [9.17, 15) is 4.79 Å². The van der Waals surface area contributed by atoms with Gasteiger partial charge in [0, 0.05) is 42.4 Å². The van der Waals surface area contributed by atoms with Crippen LogP contribution in [0.3, 0.4) is 0 Å². The highest BCUT2D eigenvalue weighted by molar-refractivity contribution is 7.15. The lowest BCUT2D eigenvalue weighted by Crippen LogP contribution is -2.45. The van der Waals surface area contributed by atoms with Crippen LogP contribution in [0.15, 0.2) is 36.5 Å². The topological polar surface area (TPSA) is 83.3 Å². The van der Waals surface area contributed by atoms with Gasteiger partial charge in [-0.2, -0.15) is 0 Å². The van der Waals surface area contributed by atoms with Crippen molar-refractivity contribution in [2.75, 3.05) is 24.1 Å². The van der Waals surface area contributed by atoms with Crippen LogP contribution in [0.4, 0.5) is 15.6 Å². The monoisotopic (exact) mass is 331 g/mol. The van der Waals surface area contributed by atoms with Crippen LogP contribution in [-0.4, -0.2) is 35.0 Å². The van der Waals surface area contributed by atoms with Crippen molar-refractivity contribution in [2.24, 2.45) is 0 Å². The van der Waals surface area contributed by atoms with E-state index in [1.165, 1.54) is 16.2 Å². The molecule has 2 aromatic rings. The lowest BCUT2D eigenvalue weighted by molar-refractivity contribution is 0.191. The summed E-state index contributed by atoms with van der Waals surface area (Å²) < 4.78 is 0. The number of piperidine rings is 1. The molecule has 0 spiro atoms. The van der Waals surface area contributed by atoms with E-state index in [1.54, 1.807) is 0 Å². The first-order valence-electron chi connectivity index (χ1n) is 7.74. The number of aromatic nitrogens is 1. The van der Waals surface area contributed by atoms with Crippen LogP contribution in [0.5, 0.6) is 0 Å². The van der Waals surface area contributed by atoms with Gasteiger partial charge in [0.1, 0.15) is 0 Å². The summed E-state index contributed by atoms with van der Waals surface area (Å²) in [4.78, 5) is 19.6. The second-order valence-corrected chi connectivity index (χ2v) is 6.83. The fourth-order valence-corrected chi connectivity index (χ4v) is 3.45. The van der Waals surface area contributed by atoms with Crippen molar-refractivity contribution >= 4 is 28.2 Å². The first-order valence-corrected chi connectivity index (χ1v) is 8.56. The standard InChI is InChI=1S/C16H21N5OS/c17-15-18-10-14(23-15)11-21-8-6-13(7-9-21)20-16(22)19-12-4-2-1-3-5-12/h1-5,10,13H,6-9,11H2,(H2,17,18)(H2,19,20,22). The fourth-order valence-electron chi connectivity index (χ4n) is 2.73. The molecule has 3 rings (SSSR count). The maximum Gasteiger partial charge on any atom is 0.319 e. The zero-order chi connectivity index (χ0) is 16.1. The largest absolute Gasteiger partial charge is 0.375 e. The molecule has 23 heavy (non-hydrogen) atoms. The molecule has 7 heteroatoms. The minimum Gasteiger partial charge on any atom is -0.375 e. The number of nitrogens with two attached hydrogens (primary N) is 1. The number of nitrogens with one attached hydrogen (secondary N) is 2. The van der Waals surface area contributed by atoms with Gasteiger partial charge in [0.2, 0.25) is 0 Å². The van der Waals surface area contributed by atoms with E-state index < -0.39 is 0 Å². The lowest BCUT2D eigenvalue weighted by atomic mass is 10.1. The van der Waals surface area contributed by atoms with Gasteiger partial charge >= 0.3 is 6.03 Å². The van der Waals surface area contributed by atoms with Gasteiger partial charge in [0.15, 0.2) is 5.13 Å². The Kier molecular flexibility index (Phi) is 5.09. The molecular weight excluding hydrogens is 310 g/mol. The minimum absolute atomic E-state index is 0.134. The van der Waals surface area contributed by atoms with Crippen LogP contribution in [0, 0.1) is 0 Å². The molecular formula is C16H21N5OS. The van der Waals surface area contributed by atoms with Crippen molar-refractivity contribution in [3.8, 4) is 0 Å². The Morgan fingerprint density at radius 2 is 2.04 bits per heavy atom. The van der Waals surface area contributed by atoms with Crippen LogP contribution >= 0.6 is 11.3 Å². The molecule has 0 aliphatic carbocycles. The molecule has 2 heterocycles. The molecule has 1 aliphatic heterocycles. The molecule has 0 radical (unpaired) electrons. The SMILES string of the molecule is Nc1ncc(CN2CCC(NC(=O)Nc3ccccc3)CC2)s1. The smallest absolute Gasteiger partial charge is 0.319 e. The lowest BCUT2D eigenvalue weighted by Gasteiger charge is -2.31. The summed E-state index contributed by atoms with van der Waals surface area (Å²) in [6.07, 6.45) is 3.75. The number of carbonyl (C=O) groups is 1. The van der Waals surface area contributed by atoms with Crippen LogP contribution < -0.4 is 16.4 Å². The van der Waals surface area contributed by atoms with Gasteiger partial charge in [0.05, 0.1) is 0 Å². The fraction of sp³-hybridized carbons (Fsp3) is 0.375. The molecule has 2 amide bonds. The van der Waals surface area contributed by atoms with E-state index in [4.69, 9.17) is 5.73 Å². The van der Waals surface area contributed by atoms with Crippen molar-refractivity contribution in [3.05, 3.63) is 41.4 Å². The second kappa shape index (κ2) is 7.43. The summed E-state index contributed by atoms with van der Waals surface area (Å²) >= 11 is 1.54. The van der Waals surface area contributed by atoms with E-state index in [0.29, 0.717) is 5.13 Å². The zero-order valence-corrected chi connectivity index (χ0v) is 13.7.